The number of allylic oxidation sites excluding steroid dienone is 4. The standard InChI is InChI=1S/C49H90O6/c1-4-7-10-13-16-19-20-21-22-23-24-25-26-27-28-31-33-36-39-42-48(51)54-45-46(55-49(52)43-40-37-34-30-18-15-12-9-6-3)44-53-47(50)41-38-35-32-29-17-14-11-8-5-2/h16,19,21-22,46H,4-15,17-18,20,23-45H2,1-3H3/b19-16-,22-21-/t46-/m1/s1. The van der Waals surface area contributed by atoms with Crippen LogP contribution in [0.4, 0.5) is 0 Å². The Morgan fingerprint density at radius 1 is 0.364 bits per heavy atom. The number of carbonyl (C=O) groups excluding carboxylic acids is 3. The van der Waals surface area contributed by atoms with Crippen molar-refractivity contribution in [2.75, 3.05) is 13.2 Å². The second-order valence-electron chi connectivity index (χ2n) is 16.0. The summed E-state index contributed by atoms with van der Waals surface area (Å²) in [6.45, 7) is 6.58. The van der Waals surface area contributed by atoms with Crippen molar-refractivity contribution in [3.05, 3.63) is 24.3 Å². The Labute approximate surface area is 341 Å². The number of carbonyl (C=O) groups is 3. The molecule has 0 saturated heterocycles. The lowest BCUT2D eigenvalue weighted by molar-refractivity contribution is -0.167. The van der Waals surface area contributed by atoms with Gasteiger partial charge in [0.2, 0.25) is 0 Å². The molecule has 0 N–H and O–H groups in total. The van der Waals surface area contributed by atoms with Gasteiger partial charge >= 0.3 is 17.9 Å². The van der Waals surface area contributed by atoms with Crippen molar-refractivity contribution in [3.63, 3.8) is 0 Å². The van der Waals surface area contributed by atoms with Crippen LogP contribution in [0.15, 0.2) is 24.3 Å². The average molecular weight is 775 g/mol. The smallest absolute Gasteiger partial charge is 0.306 e. The van der Waals surface area contributed by atoms with Crippen LogP contribution in [-0.2, 0) is 28.6 Å². The molecule has 55 heavy (non-hydrogen) atoms. The number of ether oxygens (including phenoxy) is 3. The Bertz CT molecular complexity index is 896. The number of rotatable bonds is 43. The Morgan fingerprint density at radius 2 is 0.655 bits per heavy atom. The van der Waals surface area contributed by atoms with Crippen molar-refractivity contribution in [2.45, 2.75) is 258 Å². The molecule has 1 atom stereocenters. The van der Waals surface area contributed by atoms with Crippen LogP contribution >= 0.6 is 0 Å². The highest BCUT2D eigenvalue weighted by Crippen LogP contribution is 2.15. The molecule has 0 spiro atoms. The predicted octanol–water partition coefficient (Wildman–Crippen LogP) is 15.2. The Kier molecular flexibility index (Phi) is 42.9. The summed E-state index contributed by atoms with van der Waals surface area (Å²) < 4.78 is 16.7. The lowest BCUT2D eigenvalue weighted by Crippen LogP contribution is -2.30. The van der Waals surface area contributed by atoms with Crippen LogP contribution in [0.1, 0.15) is 252 Å². The molecule has 0 heterocycles. The molecule has 0 fully saturated rings. The summed E-state index contributed by atoms with van der Waals surface area (Å²) >= 11 is 0. The first-order chi connectivity index (χ1) is 27.0. The Hall–Kier alpha value is -2.11. The van der Waals surface area contributed by atoms with Crippen LogP contribution in [0.25, 0.3) is 0 Å². The van der Waals surface area contributed by atoms with Crippen molar-refractivity contribution < 1.29 is 28.6 Å². The molecule has 0 aromatic heterocycles. The van der Waals surface area contributed by atoms with E-state index in [0.717, 1.165) is 64.2 Å². The highest BCUT2D eigenvalue weighted by molar-refractivity contribution is 5.71. The van der Waals surface area contributed by atoms with E-state index >= 15 is 0 Å². The second kappa shape index (κ2) is 44.6. The quantitative estimate of drug-likeness (QED) is 0.0266. The third-order valence-corrected chi connectivity index (χ3v) is 10.5. The fraction of sp³-hybridized carbons (Fsp3) is 0.857. The molecule has 0 rings (SSSR count). The lowest BCUT2D eigenvalue weighted by Gasteiger charge is -2.18. The number of hydrogen-bond donors (Lipinski definition) is 0. The van der Waals surface area contributed by atoms with Gasteiger partial charge in [0, 0.05) is 19.3 Å². The van der Waals surface area contributed by atoms with E-state index in [1.807, 2.05) is 0 Å². The van der Waals surface area contributed by atoms with Crippen LogP contribution in [-0.4, -0.2) is 37.2 Å². The predicted molar refractivity (Wildman–Crippen MR) is 233 cm³/mol. The maximum absolute atomic E-state index is 12.7. The van der Waals surface area contributed by atoms with Gasteiger partial charge in [-0.05, 0) is 51.4 Å². The zero-order valence-electron chi connectivity index (χ0n) is 36.7. The van der Waals surface area contributed by atoms with Crippen LogP contribution in [0.5, 0.6) is 0 Å². The number of hydrogen-bond acceptors (Lipinski definition) is 6. The van der Waals surface area contributed by atoms with Gasteiger partial charge in [-0.15, -0.1) is 0 Å². The van der Waals surface area contributed by atoms with Gasteiger partial charge in [0.25, 0.3) is 0 Å². The van der Waals surface area contributed by atoms with E-state index in [4.69, 9.17) is 14.2 Å². The summed E-state index contributed by atoms with van der Waals surface area (Å²) in [5.41, 5.74) is 0. The molecule has 6 heteroatoms. The van der Waals surface area contributed by atoms with Crippen molar-refractivity contribution >= 4 is 17.9 Å². The molecule has 0 saturated carbocycles. The van der Waals surface area contributed by atoms with E-state index in [0.29, 0.717) is 19.3 Å². The van der Waals surface area contributed by atoms with E-state index in [9.17, 15) is 14.4 Å². The monoisotopic (exact) mass is 775 g/mol. The molecule has 0 radical (unpaired) electrons. The minimum Gasteiger partial charge on any atom is -0.462 e. The SMILES string of the molecule is CCCCC/C=C\C/C=C\CCCCCCCCCCCC(=O)OC[C@@H](COC(=O)CCCCCCCCCCC)OC(=O)CCCCCCCCCCC. The normalized spacial score (nSPS) is 12.1. The molecule has 322 valence electrons. The van der Waals surface area contributed by atoms with Gasteiger partial charge in [0.1, 0.15) is 13.2 Å². The fourth-order valence-corrected chi connectivity index (χ4v) is 6.82. The summed E-state index contributed by atoms with van der Waals surface area (Å²) in [5.74, 6) is -0.872. The largest absolute Gasteiger partial charge is 0.462 e. The van der Waals surface area contributed by atoms with E-state index in [2.05, 4.69) is 45.1 Å². The van der Waals surface area contributed by atoms with Crippen LogP contribution in [0, 0.1) is 0 Å². The average Bonchev–Trinajstić information content (AvgIpc) is 3.18. The van der Waals surface area contributed by atoms with E-state index in [1.165, 1.54) is 148 Å². The molecule has 0 bridgehead atoms. The molecule has 0 amide bonds. The Morgan fingerprint density at radius 3 is 1.04 bits per heavy atom. The maximum Gasteiger partial charge on any atom is 0.306 e. The first kappa shape index (κ1) is 52.9. The third kappa shape index (κ3) is 42.9. The maximum atomic E-state index is 12.7. The molecule has 0 aromatic rings. The molecular formula is C49H90O6. The van der Waals surface area contributed by atoms with Gasteiger partial charge in [-0.25, -0.2) is 0 Å². The molecule has 0 aromatic carbocycles. The molecule has 0 aliphatic rings. The highest BCUT2D eigenvalue weighted by Gasteiger charge is 2.19. The van der Waals surface area contributed by atoms with Gasteiger partial charge < -0.3 is 14.2 Å². The van der Waals surface area contributed by atoms with Crippen molar-refractivity contribution in [1.29, 1.82) is 0 Å². The van der Waals surface area contributed by atoms with E-state index in [-0.39, 0.29) is 31.1 Å². The van der Waals surface area contributed by atoms with Gasteiger partial charge in [0.15, 0.2) is 6.10 Å². The topological polar surface area (TPSA) is 78.9 Å². The summed E-state index contributed by atoms with van der Waals surface area (Å²) in [7, 11) is 0. The number of esters is 3. The minimum absolute atomic E-state index is 0.0689. The summed E-state index contributed by atoms with van der Waals surface area (Å²) in [4.78, 5) is 37.6. The zero-order valence-corrected chi connectivity index (χ0v) is 36.7. The molecule has 0 aliphatic carbocycles. The van der Waals surface area contributed by atoms with Crippen LogP contribution in [0.2, 0.25) is 0 Å². The van der Waals surface area contributed by atoms with Gasteiger partial charge in [-0.3, -0.25) is 14.4 Å². The fourth-order valence-electron chi connectivity index (χ4n) is 6.82. The van der Waals surface area contributed by atoms with Crippen molar-refractivity contribution in [1.82, 2.24) is 0 Å². The molecule has 0 unspecified atom stereocenters. The molecular weight excluding hydrogens is 685 g/mol. The second-order valence-corrected chi connectivity index (χ2v) is 16.0. The first-order valence-corrected chi connectivity index (χ1v) is 23.8. The summed E-state index contributed by atoms with van der Waals surface area (Å²) in [6.07, 6.45) is 48.8. The first-order valence-electron chi connectivity index (χ1n) is 23.8. The van der Waals surface area contributed by atoms with E-state index in [1.54, 1.807) is 0 Å². The summed E-state index contributed by atoms with van der Waals surface area (Å²) in [6, 6.07) is 0. The zero-order chi connectivity index (χ0) is 40.1. The van der Waals surface area contributed by atoms with Crippen LogP contribution in [0.3, 0.4) is 0 Å². The third-order valence-electron chi connectivity index (χ3n) is 10.5. The van der Waals surface area contributed by atoms with E-state index < -0.39 is 6.10 Å². The van der Waals surface area contributed by atoms with Gasteiger partial charge in [-0.2, -0.15) is 0 Å². The van der Waals surface area contributed by atoms with Crippen molar-refractivity contribution in [2.24, 2.45) is 0 Å². The lowest BCUT2D eigenvalue weighted by atomic mass is 10.1. The van der Waals surface area contributed by atoms with Crippen molar-refractivity contribution in [3.8, 4) is 0 Å². The molecule has 0 aliphatic heterocycles. The van der Waals surface area contributed by atoms with Crippen LogP contribution < -0.4 is 0 Å². The highest BCUT2D eigenvalue weighted by atomic mass is 16.6. The molecule has 6 nitrogen and oxygen atoms in total. The number of unbranched alkanes of at least 4 members (excludes halogenated alkanes) is 28. The summed E-state index contributed by atoms with van der Waals surface area (Å²) in [5, 5.41) is 0. The van der Waals surface area contributed by atoms with Gasteiger partial charge in [0.05, 0.1) is 0 Å². The minimum atomic E-state index is -0.764. The Balaban J connectivity index is 4.22. The van der Waals surface area contributed by atoms with Gasteiger partial charge in [-0.1, -0.05) is 206 Å².